The Balaban J connectivity index is 1.42. The fraction of sp³-hybridized carbons (Fsp3) is 0.107. The number of ether oxygens (including phenoxy) is 1. The average Bonchev–Trinajstić information content (AvgIpc) is 2.86. The lowest BCUT2D eigenvalue weighted by molar-refractivity contribution is -0.115. The largest absolute Gasteiger partial charge is 0.457 e. The number of pyridine rings is 1. The number of aryl methyl sites for hydroxylation is 1. The van der Waals surface area contributed by atoms with Gasteiger partial charge in [-0.15, -0.1) is 0 Å². The Morgan fingerprint density at radius 3 is 2.29 bits per heavy atom. The van der Waals surface area contributed by atoms with Crippen LogP contribution in [0.4, 0.5) is 5.69 Å². The van der Waals surface area contributed by atoms with E-state index in [0.717, 1.165) is 22.6 Å². The molecule has 0 bridgehead atoms. The van der Waals surface area contributed by atoms with E-state index in [-0.39, 0.29) is 5.91 Å². The number of aromatic nitrogens is 1. The minimum absolute atomic E-state index is 0.173. The number of para-hydroxylation sites is 1. The Labute approximate surface area is 203 Å². The maximum absolute atomic E-state index is 12.8. The van der Waals surface area contributed by atoms with Crippen LogP contribution in [0.1, 0.15) is 18.1 Å². The number of benzene rings is 3. The highest BCUT2D eigenvalue weighted by Crippen LogP contribution is 2.29. The summed E-state index contributed by atoms with van der Waals surface area (Å²) in [4.78, 5) is 17.5. The predicted molar refractivity (Wildman–Crippen MR) is 136 cm³/mol. The molecule has 0 aliphatic heterocycles. The van der Waals surface area contributed by atoms with E-state index in [2.05, 4.69) is 16.4 Å². The zero-order valence-electron chi connectivity index (χ0n) is 18.9. The first kappa shape index (κ1) is 23.1. The summed E-state index contributed by atoms with van der Waals surface area (Å²) in [6.07, 6.45) is 0. The van der Waals surface area contributed by atoms with Gasteiger partial charge in [-0.2, -0.15) is 5.26 Å². The third kappa shape index (κ3) is 5.83. The Morgan fingerprint density at radius 1 is 0.941 bits per heavy atom. The summed E-state index contributed by atoms with van der Waals surface area (Å²) < 4.78 is 5.79. The van der Waals surface area contributed by atoms with Crippen molar-refractivity contribution in [3.63, 3.8) is 0 Å². The number of hydrogen-bond acceptors (Lipinski definition) is 5. The van der Waals surface area contributed by atoms with Gasteiger partial charge in [0.2, 0.25) is 5.91 Å². The summed E-state index contributed by atoms with van der Waals surface area (Å²) in [5, 5.41) is 12.5. The van der Waals surface area contributed by atoms with E-state index in [1.807, 2.05) is 67.6 Å². The van der Waals surface area contributed by atoms with Crippen molar-refractivity contribution < 1.29 is 9.53 Å². The molecule has 168 valence electrons. The van der Waals surface area contributed by atoms with Crippen LogP contribution in [0, 0.1) is 18.3 Å². The third-order valence-electron chi connectivity index (χ3n) is 5.09. The zero-order chi connectivity index (χ0) is 23.9. The first-order valence-electron chi connectivity index (χ1n) is 10.8. The molecule has 1 aromatic heterocycles. The van der Waals surface area contributed by atoms with E-state index >= 15 is 0 Å². The molecule has 1 heterocycles. The molecule has 1 unspecified atom stereocenters. The lowest BCUT2D eigenvalue weighted by atomic mass is 10.1. The molecule has 6 heteroatoms. The van der Waals surface area contributed by atoms with Crippen LogP contribution in [0.25, 0.3) is 11.3 Å². The predicted octanol–water partition coefficient (Wildman–Crippen LogP) is 6.84. The molecule has 5 nitrogen and oxygen atoms in total. The van der Waals surface area contributed by atoms with Gasteiger partial charge < -0.3 is 10.1 Å². The Hall–Kier alpha value is -4.08. The molecule has 4 rings (SSSR count). The molecular weight excluding hydrogens is 442 g/mol. The summed E-state index contributed by atoms with van der Waals surface area (Å²) in [7, 11) is 0. The van der Waals surface area contributed by atoms with Crippen molar-refractivity contribution >= 4 is 23.4 Å². The third-order valence-corrected chi connectivity index (χ3v) is 6.19. The number of amides is 1. The molecule has 1 atom stereocenters. The van der Waals surface area contributed by atoms with Crippen LogP contribution in [-0.4, -0.2) is 16.1 Å². The van der Waals surface area contributed by atoms with Gasteiger partial charge in [0.25, 0.3) is 0 Å². The molecule has 0 radical (unpaired) electrons. The smallest absolute Gasteiger partial charge is 0.237 e. The van der Waals surface area contributed by atoms with Gasteiger partial charge in [-0.3, -0.25) is 4.79 Å². The second-order valence-electron chi connectivity index (χ2n) is 7.72. The monoisotopic (exact) mass is 465 g/mol. The highest BCUT2D eigenvalue weighted by Gasteiger charge is 2.18. The summed E-state index contributed by atoms with van der Waals surface area (Å²) in [5.74, 6) is 1.26. The highest BCUT2D eigenvalue weighted by atomic mass is 32.2. The highest BCUT2D eigenvalue weighted by molar-refractivity contribution is 8.00. The van der Waals surface area contributed by atoms with Crippen LogP contribution in [-0.2, 0) is 4.79 Å². The first-order valence-corrected chi connectivity index (χ1v) is 11.7. The minimum atomic E-state index is -0.451. The second-order valence-corrected chi connectivity index (χ2v) is 9.05. The zero-order valence-corrected chi connectivity index (χ0v) is 19.7. The summed E-state index contributed by atoms with van der Waals surface area (Å²) in [6, 6.07) is 30.5. The van der Waals surface area contributed by atoms with Crippen LogP contribution in [0.3, 0.4) is 0 Å². The van der Waals surface area contributed by atoms with E-state index in [0.29, 0.717) is 22.0 Å². The Kier molecular flexibility index (Phi) is 7.26. The normalized spacial score (nSPS) is 11.3. The van der Waals surface area contributed by atoms with Gasteiger partial charge in [0, 0.05) is 11.3 Å². The quantitative estimate of drug-likeness (QED) is 0.302. The van der Waals surface area contributed by atoms with Crippen molar-refractivity contribution in [2.75, 3.05) is 5.32 Å². The molecule has 0 fully saturated rings. The molecule has 1 N–H and O–H groups in total. The topological polar surface area (TPSA) is 75.0 Å². The number of rotatable bonds is 7. The van der Waals surface area contributed by atoms with E-state index in [4.69, 9.17) is 4.74 Å². The van der Waals surface area contributed by atoms with Crippen LogP contribution < -0.4 is 10.1 Å². The van der Waals surface area contributed by atoms with Crippen molar-refractivity contribution in [2.45, 2.75) is 24.1 Å². The number of carbonyl (C=O) groups excluding carboxylic acids is 1. The Morgan fingerprint density at radius 2 is 1.62 bits per heavy atom. The number of hydrogen-bond donors (Lipinski definition) is 1. The summed E-state index contributed by atoms with van der Waals surface area (Å²) in [5.41, 5.74) is 4.01. The summed E-state index contributed by atoms with van der Waals surface area (Å²) >= 11 is 1.27. The number of nitrogens with one attached hydrogen (secondary N) is 1. The van der Waals surface area contributed by atoms with Gasteiger partial charge in [0.1, 0.15) is 22.6 Å². The van der Waals surface area contributed by atoms with Crippen molar-refractivity contribution in [2.24, 2.45) is 0 Å². The molecule has 0 saturated heterocycles. The molecule has 0 aliphatic carbocycles. The van der Waals surface area contributed by atoms with Gasteiger partial charge in [-0.1, -0.05) is 59.8 Å². The molecule has 34 heavy (non-hydrogen) atoms. The van der Waals surface area contributed by atoms with Crippen LogP contribution in [0.5, 0.6) is 11.5 Å². The minimum Gasteiger partial charge on any atom is -0.457 e. The van der Waals surface area contributed by atoms with Gasteiger partial charge in [-0.05, 0) is 62.4 Å². The fourth-order valence-corrected chi connectivity index (χ4v) is 4.09. The van der Waals surface area contributed by atoms with E-state index in [1.54, 1.807) is 37.3 Å². The van der Waals surface area contributed by atoms with E-state index < -0.39 is 5.25 Å². The number of carbonyl (C=O) groups is 1. The molecule has 0 spiro atoms. The van der Waals surface area contributed by atoms with Crippen LogP contribution >= 0.6 is 11.8 Å². The fourth-order valence-electron chi connectivity index (χ4n) is 3.20. The molecule has 3 aromatic carbocycles. The molecule has 4 aromatic rings. The van der Waals surface area contributed by atoms with Crippen molar-refractivity contribution in [1.82, 2.24) is 4.98 Å². The molecule has 1 amide bonds. The van der Waals surface area contributed by atoms with Crippen molar-refractivity contribution in [3.8, 4) is 28.8 Å². The molecule has 0 saturated carbocycles. The van der Waals surface area contributed by atoms with Crippen LogP contribution in [0.15, 0.2) is 96.0 Å². The number of anilines is 1. The van der Waals surface area contributed by atoms with Gasteiger partial charge in [-0.25, -0.2) is 4.98 Å². The lowest BCUT2D eigenvalue weighted by Crippen LogP contribution is -2.22. The maximum atomic E-state index is 12.8. The number of nitrogens with zero attached hydrogens (tertiary/aromatic N) is 2. The summed E-state index contributed by atoms with van der Waals surface area (Å²) in [6.45, 7) is 3.83. The maximum Gasteiger partial charge on any atom is 0.237 e. The van der Waals surface area contributed by atoms with Crippen molar-refractivity contribution in [3.05, 3.63) is 102 Å². The van der Waals surface area contributed by atoms with Gasteiger partial charge in [0.15, 0.2) is 0 Å². The SMILES string of the molecule is Cc1ccc(-c2ccc(C#N)c(SC(C)C(=O)Nc3ccc(Oc4ccccc4)cc3)n2)cc1. The standard InChI is InChI=1S/C28H23N3O2S/c1-19-8-10-21(11-9-19)26-17-12-22(18-29)28(31-26)34-20(2)27(32)30-23-13-15-25(16-14-23)33-24-6-4-3-5-7-24/h3-17,20H,1-2H3,(H,30,32). The van der Waals surface area contributed by atoms with Gasteiger partial charge in [0.05, 0.1) is 16.5 Å². The van der Waals surface area contributed by atoms with Gasteiger partial charge >= 0.3 is 0 Å². The van der Waals surface area contributed by atoms with Crippen molar-refractivity contribution in [1.29, 1.82) is 5.26 Å². The van der Waals surface area contributed by atoms with E-state index in [1.165, 1.54) is 11.8 Å². The number of nitriles is 1. The molecule has 0 aliphatic rings. The van der Waals surface area contributed by atoms with Crippen LogP contribution in [0.2, 0.25) is 0 Å². The Bertz CT molecular complexity index is 1310. The number of thioether (sulfide) groups is 1. The van der Waals surface area contributed by atoms with E-state index in [9.17, 15) is 10.1 Å². The first-order chi connectivity index (χ1) is 16.5. The lowest BCUT2D eigenvalue weighted by Gasteiger charge is -2.14. The average molecular weight is 466 g/mol. The second kappa shape index (κ2) is 10.7. The molecular formula is C28H23N3O2S.